The first-order valence-corrected chi connectivity index (χ1v) is 44.6. The number of allylic oxidation sites excluding steroid dienone is 4. The molecule has 725 valence electrons. The Morgan fingerprint density at radius 2 is 0.681 bits per heavy atom. The van der Waals surface area contributed by atoms with Crippen molar-refractivity contribution in [2.75, 3.05) is 0 Å². The number of aromatic carboxylic acids is 1. The second-order valence-corrected chi connectivity index (χ2v) is 31.9. The van der Waals surface area contributed by atoms with Gasteiger partial charge in [0.1, 0.15) is 12.0 Å². The molecule has 15 nitrogen and oxygen atoms in total. The molecule has 23 rings (SSSR count). The molecule has 0 unspecified atom stereocenters. The number of benzene rings is 14. The second-order valence-electron chi connectivity index (χ2n) is 31.9. The summed E-state index contributed by atoms with van der Waals surface area (Å²) >= 11 is 0. The molecule has 8 heterocycles. The normalized spacial score (nSPS) is 10.8. The summed E-state index contributed by atoms with van der Waals surface area (Å²) < 4.78 is 14.4. The van der Waals surface area contributed by atoms with Crippen molar-refractivity contribution < 1.29 is 135 Å². The molecule has 0 saturated carbocycles. The second kappa shape index (κ2) is 57.3. The Balaban J connectivity index is 0.000000180. The van der Waals surface area contributed by atoms with E-state index in [1.165, 1.54) is 107 Å². The number of carboxylic acids is 1. The molecule has 1 aliphatic rings. The van der Waals surface area contributed by atoms with E-state index in [1.54, 1.807) is 36.9 Å². The van der Waals surface area contributed by atoms with Crippen molar-refractivity contribution in [2.45, 2.75) is 47.0 Å². The van der Waals surface area contributed by atoms with Crippen LogP contribution in [-0.4, -0.2) is 77.7 Å². The molecule has 22 aromatic rings. The molecule has 144 heavy (non-hydrogen) atoms. The van der Waals surface area contributed by atoms with Gasteiger partial charge in [0.05, 0.1) is 22.6 Å². The minimum Gasteiger partial charge on any atom is -0.512 e. The first-order chi connectivity index (χ1) is 67.9. The Morgan fingerprint density at radius 3 is 1.15 bits per heavy atom. The maximum atomic E-state index is 14.4. The van der Waals surface area contributed by atoms with Gasteiger partial charge in [0, 0.05) is 161 Å². The van der Waals surface area contributed by atoms with Gasteiger partial charge >= 0.3 is 5.97 Å². The van der Waals surface area contributed by atoms with E-state index in [9.17, 15) is 18.8 Å². The van der Waals surface area contributed by atoms with Gasteiger partial charge in [-0.15, -0.1) is 232 Å². The molecule has 3 N–H and O–H groups in total. The fourth-order valence-corrected chi connectivity index (χ4v) is 15.5. The number of hydrogen-bond donors (Lipinski definition) is 3. The molecule has 0 atom stereocenters. The Hall–Kier alpha value is -14.9. The Labute approximate surface area is 904 Å². The van der Waals surface area contributed by atoms with Gasteiger partial charge in [0.15, 0.2) is 11.6 Å². The summed E-state index contributed by atoms with van der Waals surface area (Å²) in [6.07, 6.45) is 14.4. The number of para-hydroxylation sites is 2. The third kappa shape index (κ3) is 30.6. The van der Waals surface area contributed by atoms with E-state index in [0.717, 1.165) is 112 Å². The summed E-state index contributed by atoms with van der Waals surface area (Å²) in [5.41, 5.74) is 17.2. The van der Waals surface area contributed by atoms with Crippen LogP contribution in [0.3, 0.4) is 0 Å². The van der Waals surface area contributed by atoms with Gasteiger partial charge in [0.25, 0.3) is 0 Å². The average molecular weight is 2770 g/mol. The maximum absolute atomic E-state index is 14.4. The van der Waals surface area contributed by atoms with Crippen LogP contribution in [0.25, 0.3) is 154 Å². The van der Waals surface area contributed by atoms with Gasteiger partial charge in [-0.25, -0.2) is 19.2 Å². The largest absolute Gasteiger partial charge is 0.512 e. The molecule has 0 aliphatic heterocycles. The van der Waals surface area contributed by atoms with Gasteiger partial charge in [-0.1, -0.05) is 207 Å². The number of ketones is 2. The number of carbonyl (C=O) groups is 3. The molecule has 5 radical (unpaired) electrons. The number of halogens is 1. The fraction of sp³-hybridized carbons (Fsp3) is 0.0569. The van der Waals surface area contributed by atoms with E-state index in [1.807, 2.05) is 267 Å². The van der Waals surface area contributed by atoms with Crippen LogP contribution in [0.4, 0.5) is 4.39 Å². The van der Waals surface area contributed by atoms with Gasteiger partial charge in [-0.3, -0.25) is 19.6 Å². The third-order valence-corrected chi connectivity index (χ3v) is 21.6. The van der Waals surface area contributed by atoms with Crippen molar-refractivity contribution in [3.63, 3.8) is 0 Å². The number of aromatic nitrogens is 9. The SMILES string of the molecule is CC(=O)C=C(C)O.CC(=O)C=C(C)O.CC1(C)c2c([c-]ccc2F)-c2nccc3cccc1c23.O=C(O)c1ccccn1.[Ir].[Ir].[Ir].[Ir].[Ir].[c-]1ccc2ccccc2c1-c1ccccn1.[c-]1ccccc1-c1ccccn1.[c-]1ccccc1-c1nc2ccccc2c2ccccc12.[c-]1ccccc1-c1nccc2ccccc12.[c-]1ccccc1-c1nccc2ccccc12.[c-]1ccccc1-c1ncnc2ccccc12. The maximum Gasteiger partial charge on any atom is 0.354 e. The number of nitrogens with zero attached hydrogens (tertiary/aromatic N) is 9. The summed E-state index contributed by atoms with van der Waals surface area (Å²) in [4.78, 5) is 69.1. The van der Waals surface area contributed by atoms with Crippen LogP contribution in [0.5, 0.6) is 0 Å². The average Bonchev–Trinajstić information content (AvgIpc) is 0.714. The fourth-order valence-electron chi connectivity index (χ4n) is 15.5. The minimum absolute atomic E-state index is 0. The van der Waals surface area contributed by atoms with Gasteiger partial charge in [0.2, 0.25) is 0 Å². The number of aliphatic hydroxyl groups excluding tert-OH is 2. The topological polar surface area (TPSA) is 228 Å². The predicted octanol–water partition coefficient (Wildman–Crippen LogP) is 28.9. The molecular formula is C123H93FIr5N9O6-7. The number of aliphatic hydroxyl groups is 2. The van der Waals surface area contributed by atoms with E-state index < -0.39 is 5.97 Å². The van der Waals surface area contributed by atoms with Crippen molar-refractivity contribution in [1.29, 1.82) is 0 Å². The van der Waals surface area contributed by atoms with Gasteiger partial charge in [-0.2, -0.15) is 0 Å². The van der Waals surface area contributed by atoms with Crippen LogP contribution < -0.4 is 0 Å². The van der Waals surface area contributed by atoms with Crippen LogP contribution in [-0.2, 0) is 116 Å². The van der Waals surface area contributed by atoms with Crippen molar-refractivity contribution in [2.24, 2.45) is 0 Å². The van der Waals surface area contributed by atoms with Crippen molar-refractivity contribution in [1.82, 2.24) is 44.9 Å². The van der Waals surface area contributed by atoms with E-state index >= 15 is 0 Å². The third-order valence-electron chi connectivity index (χ3n) is 21.6. The minimum atomic E-state index is -0.990. The van der Waals surface area contributed by atoms with E-state index in [0.29, 0.717) is 5.56 Å². The Kier molecular flexibility index (Phi) is 44.8. The van der Waals surface area contributed by atoms with Crippen molar-refractivity contribution in [3.8, 4) is 78.8 Å². The van der Waals surface area contributed by atoms with Crippen molar-refractivity contribution in [3.05, 3.63) is 514 Å². The summed E-state index contributed by atoms with van der Waals surface area (Å²) in [5, 5.41) is 39.2. The summed E-state index contributed by atoms with van der Waals surface area (Å²) in [6, 6.07) is 147. The smallest absolute Gasteiger partial charge is 0.354 e. The quantitative estimate of drug-likeness (QED) is 0.0528. The standard InChI is InChI=1S/C19H12N.C18H13FN.3C15H10N.C14H9N2.C11H8N.C6H5NO2.2C5H8O2.5Ir/c1-2-8-14(9-3-1)19-17-12-5-4-10-15(17)16-11-6-7-13-18(16)20-19;1-18(2)13-7-3-5-11-9-10-20-17(15(11)13)12-6-4-8-14(19)16(12)18;1-2-8-13-12(6-1)7-5-9-14(13)15-10-3-4-11-16-15;2*1-2-7-13(8-3-1)15-14-9-5-4-6-12(14)10-11-16-15;1-2-6-11(7-3-1)14-12-8-4-5-9-13(12)15-10-16-14;1-2-6-10(7-3-1)11-8-4-5-9-12-11;8-6(9)5-3-1-2-4-7-5;2*1-4(6)3-5(2)7;;;;;/h1-8,10-13H;3-5,7-10H,1-2H3;1-8,10-11H;2*1-7,9-11H;1-6,8-10H;1-6,8-9H;1-4H,(H,8,9);2*3,6H,1-2H3;;;;;/q7*-1;;;;;;;;. The monoisotopic (exact) mass is 2780 g/mol. The van der Waals surface area contributed by atoms with Gasteiger partial charge in [-0.05, 0) is 182 Å². The predicted molar refractivity (Wildman–Crippen MR) is 557 cm³/mol. The van der Waals surface area contributed by atoms with Crippen LogP contribution >= 0.6 is 0 Å². The summed E-state index contributed by atoms with van der Waals surface area (Å²) in [6.45, 7) is 9.82. The zero-order valence-electron chi connectivity index (χ0n) is 78.7. The summed E-state index contributed by atoms with van der Waals surface area (Å²) in [7, 11) is 0. The number of pyridine rings is 7. The number of rotatable bonds is 9. The molecule has 0 saturated heterocycles. The number of carbonyl (C=O) groups excluding carboxylic acids is 2. The molecule has 21 heteroatoms. The number of hydrogen-bond acceptors (Lipinski definition) is 14. The van der Waals surface area contributed by atoms with Crippen molar-refractivity contribution >= 4 is 93.2 Å². The first kappa shape index (κ1) is 113. The van der Waals surface area contributed by atoms with Crippen LogP contribution in [0.2, 0.25) is 0 Å². The van der Waals surface area contributed by atoms with Crippen LogP contribution in [0, 0.1) is 48.3 Å². The van der Waals surface area contributed by atoms with E-state index in [4.69, 9.17) is 20.3 Å². The van der Waals surface area contributed by atoms with Gasteiger partial charge < -0.3 is 40.2 Å². The molecule has 8 aromatic heterocycles. The molecule has 1 aliphatic carbocycles. The zero-order chi connectivity index (χ0) is 97.1. The zero-order valence-corrected chi connectivity index (χ0v) is 90.7. The molecule has 0 bridgehead atoms. The number of fused-ring (bicyclic) bond motifs is 9. The molecular weight excluding hydrogens is 2680 g/mol. The Morgan fingerprint density at radius 1 is 0.292 bits per heavy atom. The molecule has 0 spiro atoms. The molecule has 0 amide bonds. The molecule has 0 fully saturated rings. The van der Waals surface area contributed by atoms with Crippen LogP contribution in [0.15, 0.2) is 449 Å². The number of carboxylic acid groups (broad SMARTS) is 1. The van der Waals surface area contributed by atoms with Crippen LogP contribution in [0.1, 0.15) is 63.2 Å². The first-order valence-electron chi connectivity index (χ1n) is 44.6. The van der Waals surface area contributed by atoms with E-state index in [2.05, 4.69) is 199 Å². The molecule has 14 aromatic carbocycles. The summed E-state index contributed by atoms with van der Waals surface area (Å²) in [5.74, 6) is -1.30. The Bertz CT molecular complexity index is 7400. The van der Waals surface area contributed by atoms with E-state index in [-0.39, 0.29) is 141 Å².